The SMILES string of the molecule is Cc1cc(CN2C(=O)CSc3cc(C(F)(C(F)(F)F)C(F)(F)F)ccc32)ccc1[N+](=O)[O-]. The van der Waals surface area contributed by atoms with Crippen LogP contribution in [0.15, 0.2) is 41.3 Å². The Hall–Kier alpha value is -2.83. The van der Waals surface area contributed by atoms with Crippen LogP contribution in [0.5, 0.6) is 0 Å². The van der Waals surface area contributed by atoms with Crippen molar-refractivity contribution < 1.29 is 40.5 Å². The maximum Gasteiger partial charge on any atom is 0.435 e. The van der Waals surface area contributed by atoms with Crippen LogP contribution in [0.2, 0.25) is 0 Å². The van der Waals surface area contributed by atoms with E-state index in [4.69, 9.17) is 0 Å². The Labute approximate surface area is 180 Å². The fraction of sp³-hybridized carbons (Fsp3) is 0.316. The molecule has 0 aromatic heterocycles. The van der Waals surface area contributed by atoms with E-state index in [1.807, 2.05) is 0 Å². The molecule has 0 saturated heterocycles. The number of rotatable bonds is 4. The highest BCUT2D eigenvalue weighted by Crippen LogP contribution is 2.54. The maximum atomic E-state index is 14.4. The number of nitrogens with zero attached hydrogens (tertiary/aromatic N) is 2. The van der Waals surface area contributed by atoms with Gasteiger partial charge >= 0.3 is 18.0 Å². The van der Waals surface area contributed by atoms with E-state index in [1.54, 1.807) is 0 Å². The van der Waals surface area contributed by atoms with Gasteiger partial charge in [-0.1, -0.05) is 12.1 Å². The Balaban J connectivity index is 2.01. The summed E-state index contributed by atoms with van der Waals surface area (Å²) in [6.45, 7) is 1.34. The zero-order chi connectivity index (χ0) is 24.1. The number of fused-ring (bicyclic) bond motifs is 1. The van der Waals surface area contributed by atoms with Gasteiger partial charge in [0.1, 0.15) is 0 Å². The number of carbonyl (C=O) groups excluding carboxylic acids is 1. The molecule has 172 valence electrons. The van der Waals surface area contributed by atoms with Crippen molar-refractivity contribution in [1.29, 1.82) is 0 Å². The molecule has 1 amide bonds. The molecular formula is C19H13F7N2O3S. The van der Waals surface area contributed by atoms with Crippen molar-refractivity contribution in [3.8, 4) is 0 Å². The summed E-state index contributed by atoms with van der Waals surface area (Å²) in [5.74, 6) is -0.774. The second-order valence-corrected chi connectivity index (χ2v) is 8.00. The summed E-state index contributed by atoms with van der Waals surface area (Å²) in [5, 5.41) is 10.9. The first-order valence-corrected chi connectivity index (χ1v) is 9.79. The van der Waals surface area contributed by atoms with Gasteiger partial charge in [0.2, 0.25) is 5.91 Å². The third-order valence-electron chi connectivity index (χ3n) is 4.88. The molecule has 2 aromatic rings. The summed E-state index contributed by atoms with van der Waals surface area (Å²) >= 11 is 0.690. The highest BCUT2D eigenvalue weighted by Gasteiger charge is 2.73. The molecule has 0 spiro atoms. The number of anilines is 1. The number of thioether (sulfide) groups is 1. The molecule has 0 bridgehead atoms. The van der Waals surface area contributed by atoms with Gasteiger partial charge in [-0.3, -0.25) is 14.9 Å². The van der Waals surface area contributed by atoms with E-state index in [-0.39, 0.29) is 28.6 Å². The van der Waals surface area contributed by atoms with Crippen molar-refractivity contribution in [2.24, 2.45) is 0 Å². The molecule has 3 rings (SSSR count). The van der Waals surface area contributed by atoms with Gasteiger partial charge in [-0.05, 0) is 30.7 Å². The zero-order valence-corrected chi connectivity index (χ0v) is 16.9. The molecule has 1 aliphatic rings. The summed E-state index contributed by atoms with van der Waals surface area (Å²) < 4.78 is 92.7. The van der Waals surface area contributed by atoms with Gasteiger partial charge < -0.3 is 4.90 Å². The van der Waals surface area contributed by atoms with Gasteiger partial charge in [-0.15, -0.1) is 11.8 Å². The Morgan fingerprint density at radius 3 is 2.19 bits per heavy atom. The fourth-order valence-corrected chi connectivity index (χ4v) is 4.25. The Kier molecular flexibility index (Phi) is 5.91. The van der Waals surface area contributed by atoms with E-state index in [0.29, 0.717) is 35.0 Å². The maximum absolute atomic E-state index is 14.4. The molecule has 0 atom stereocenters. The fourth-order valence-electron chi connectivity index (χ4n) is 3.28. The normalized spacial score (nSPS) is 15.0. The van der Waals surface area contributed by atoms with E-state index in [1.165, 1.54) is 25.1 Å². The van der Waals surface area contributed by atoms with Gasteiger partial charge in [-0.25, -0.2) is 4.39 Å². The summed E-state index contributed by atoms with van der Waals surface area (Å²) in [5.41, 5.74) is -6.59. The summed E-state index contributed by atoms with van der Waals surface area (Å²) in [7, 11) is 0. The van der Waals surface area contributed by atoms with Gasteiger partial charge in [0, 0.05) is 22.1 Å². The molecule has 0 N–H and O–H groups in total. The standard InChI is InChI=1S/C19H13F7N2O3S/c1-10-6-11(2-4-13(10)28(30)31)8-27-14-5-3-12(7-15(14)32-9-16(27)29)17(20,18(21,22)23)19(24,25)26/h2-7H,8-9H2,1H3. The molecule has 0 fully saturated rings. The predicted octanol–water partition coefficient (Wildman–Crippen LogP) is 5.83. The zero-order valence-electron chi connectivity index (χ0n) is 16.1. The molecule has 0 saturated carbocycles. The van der Waals surface area contributed by atoms with Crippen LogP contribution in [0.3, 0.4) is 0 Å². The highest BCUT2D eigenvalue weighted by atomic mass is 32.2. The van der Waals surface area contributed by atoms with Crippen LogP contribution in [0.1, 0.15) is 16.7 Å². The minimum atomic E-state index is -6.25. The van der Waals surface area contributed by atoms with Crippen molar-refractivity contribution >= 4 is 29.0 Å². The van der Waals surface area contributed by atoms with Crippen molar-refractivity contribution in [2.75, 3.05) is 10.7 Å². The van der Waals surface area contributed by atoms with Gasteiger partial charge in [0.15, 0.2) is 0 Å². The summed E-state index contributed by atoms with van der Waals surface area (Å²) in [4.78, 5) is 23.7. The Morgan fingerprint density at radius 1 is 1.03 bits per heavy atom. The van der Waals surface area contributed by atoms with Crippen LogP contribution in [-0.2, 0) is 17.0 Å². The Bertz CT molecular complexity index is 1070. The molecule has 13 heteroatoms. The topological polar surface area (TPSA) is 63.5 Å². The van der Waals surface area contributed by atoms with Crippen LogP contribution in [0, 0.1) is 17.0 Å². The smallest absolute Gasteiger partial charge is 0.306 e. The molecule has 0 aliphatic carbocycles. The lowest BCUT2D eigenvalue weighted by Crippen LogP contribution is -2.50. The van der Waals surface area contributed by atoms with Crippen molar-refractivity contribution in [3.05, 3.63) is 63.2 Å². The molecule has 1 heterocycles. The lowest BCUT2D eigenvalue weighted by molar-refractivity contribution is -0.385. The first kappa shape index (κ1) is 23.8. The average Bonchev–Trinajstić information content (AvgIpc) is 2.67. The third-order valence-corrected chi connectivity index (χ3v) is 5.91. The molecule has 0 unspecified atom stereocenters. The first-order valence-electron chi connectivity index (χ1n) is 8.81. The van der Waals surface area contributed by atoms with Gasteiger partial charge in [0.05, 0.1) is 22.9 Å². The monoisotopic (exact) mass is 482 g/mol. The molecule has 2 aromatic carbocycles. The number of aryl methyl sites for hydroxylation is 1. The van der Waals surface area contributed by atoms with E-state index in [2.05, 4.69) is 0 Å². The third kappa shape index (κ3) is 4.00. The van der Waals surface area contributed by atoms with Crippen LogP contribution in [0.25, 0.3) is 0 Å². The van der Waals surface area contributed by atoms with Crippen LogP contribution in [-0.4, -0.2) is 28.9 Å². The molecule has 5 nitrogen and oxygen atoms in total. The number of nitro groups is 1. The van der Waals surface area contributed by atoms with Crippen LogP contribution < -0.4 is 4.90 Å². The van der Waals surface area contributed by atoms with E-state index >= 15 is 0 Å². The lowest BCUT2D eigenvalue weighted by atomic mass is 9.93. The quantitative estimate of drug-likeness (QED) is 0.313. The van der Waals surface area contributed by atoms with E-state index < -0.39 is 34.4 Å². The van der Waals surface area contributed by atoms with Crippen LogP contribution in [0.4, 0.5) is 42.1 Å². The van der Waals surface area contributed by atoms with Crippen LogP contribution >= 0.6 is 11.8 Å². The lowest BCUT2D eigenvalue weighted by Gasteiger charge is -2.33. The Morgan fingerprint density at radius 2 is 1.66 bits per heavy atom. The number of amides is 1. The van der Waals surface area contributed by atoms with Gasteiger partial charge in [0.25, 0.3) is 5.69 Å². The number of carbonyl (C=O) groups is 1. The summed E-state index contributed by atoms with van der Waals surface area (Å²) in [6.07, 6.45) is -12.5. The largest absolute Gasteiger partial charge is 0.435 e. The number of hydrogen-bond donors (Lipinski definition) is 0. The van der Waals surface area contributed by atoms with E-state index in [9.17, 15) is 45.6 Å². The molecule has 1 aliphatic heterocycles. The van der Waals surface area contributed by atoms with Gasteiger partial charge in [-0.2, -0.15) is 26.3 Å². The minimum absolute atomic E-state index is 0.0118. The van der Waals surface area contributed by atoms with Crippen molar-refractivity contribution in [3.63, 3.8) is 0 Å². The number of alkyl halides is 7. The minimum Gasteiger partial charge on any atom is -0.306 e. The van der Waals surface area contributed by atoms with E-state index in [0.717, 1.165) is 11.0 Å². The average molecular weight is 482 g/mol. The van der Waals surface area contributed by atoms with Crippen molar-refractivity contribution in [2.45, 2.75) is 36.4 Å². The molecular weight excluding hydrogens is 469 g/mol. The molecule has 0 radical (unpaired) electrons. The second kappa shape index (κ2) is 7.94. The number of hydrogen-bond acceptors (Lipinski definition) is 4. The summed E-state index contributed by atoms with van der Waals surface area (Å²) in [6, 6.07) is 5.69. The van der Waals surface area contributed by atoms with Crippen molar-refractivity contribution in [1.82, 2.24) is 0 Å². The number of benzene rings is 2. The number of halogens is 7. The second-order valence-electron chi connectivity index (χ2n) is 6.98. The highest BCUT2D eigenvalue weighted by molar-refractivity contribution is 8.00. The first-order chi connectivity index (χ1) is 14.7. The number of nitro benzene ring substituents is 1. The molecule has 32 heavy (non-hydrogen) atoms. The predicted molar refractivity (Wildman–Crippen MR) is 101 cm³/mol.